The predicted octanol–water partition coefficient (Wildman–Crippen LogP) is 1.67. The van der Waals surface area contributed by atoms with Crippen LogP contribution in [0, 0.1) is 5.92 Å². The zero-order valence-electron chi connectivity index (χ0n) is 12.0. The normalized spacial score (nSPS) is 25.8. The van der Waals surface area contributed by atoms with Gasteiger partial charge in [0.25, 0.3) is 0 Å². The summed E-state index contributed by atoms with van der Waals surface area (Å²) in [6.07, 6.45) is 11.2. The summed E-state index contributed by atoms with van der Waals surface area (Å²) in [6, 6.07) is 0.121. The van der Waals surface area contributed by atoms with Gasteiger partial charge in [0.05, 0.1) is 5.54 Å². The molecule has 1 unspecified atom stereocenters. The standard InChI is InChI=1S/C15H29N3O/c16-11-13(12-7-3-1-4-8-12)18-14(19)15(17)9-5-2-6-10-15/h12-13H,1-11,16-17H2,(H,18,19). The molecule has 2 aliphatic carbocycles. The lowest BCUT2D eigenvalue weighted by atomic mass is 9.80. The molecule has 0 spiro atoms. The predicted molar refractivity (Wildman–Crippen MR) is 77.6 cm³/mol. The fraction of sp³-hybridized carbons (Fsp3) is 0.933. The van der Waals surface area contributed by atoms with Gasteiger partial charge in [-0.25, -0.2) is 0 Å². The van der Waals surface area contributed by atoms with Crippen LogP contribution in [0.4, 0.5) is 0 Å². The van der Waals surface area contributed by atoms with Crippen LogP contribution in [-0.4, -0.2) is 24.0 Å². The van der Waals surface area contributed by atoms with Crippen LogP contribution in [0.3, 0.4) is 0 Å². The molecule has 0 aliphatic heterocycles. The molecule has 0 aromatic heterocycles. The third-order valence-electron chi connectivity index (χ3n) is 4.99. The van der Waals surface area contributed by atoms with Crippen molar-refractivity contribution in [2.45, 2.75) is 75.8 Å². The monoisotopic (exact) mass is 267 g/mol. The Labute approximate surface area is 116 Å². The fourth-order valence-corrected chi connectivity index (χ4v) is 3.63. The van der Waals surface area contributed by atoms with Crippen molar-refractivity contribution < 1.29 is 4.79 Å². The van der Waals surface area contributed by atoms with Crippen molar-refractivity contribution in [3.8, 4) is 0 Å². The maximum absolute atomic E-state index is 12.4. The number of nitrogens with one attached hydrogen (secondary N) is 1. The van der Waals surface area contributed by atoms with Gasteiger partial charge in [-0.3, -0.25) is 4.79 Å². The molecule has 2 rings (SSSR count). The van der Waals surface area contributed by atoms with Crippen LogP contribution in [0.1, 0.15) is 64.2 Å². The average molecular weight is 267 g/mol. The highest BCUT2D eigenvalue weighted by Gasteiger charge is 2.37. The average Bonchev–Trinajstić information content (AvgIpc) is 2.46. The largest absolute Gasteiger partial charge is 0.350 e. The minimum absolute atomic E-state index is 0.0354. The first kappa shape index (κ1) is 14.8. The van der Waals surface area contributed by atoms with Gasteiger partial charge in [-0.2, -0.15) is 0 Å². The van der Waals surface area contributed by atoms with Crippen molar-refractivity contribution in [2.75, 3.05) is 6.54 Å². The third-order valence-corrected chi connectivity index (χ3v) is 4.99. The molecule has 4 nitrogen and oxygen atoms in total. The van der Waals surface area contributed by atoms with Crippen molar-refractivity contribution in [1.82, 2.24) is 5.32 Å². The number of hydrogen-bond acceptors (Lipinski definition) is 3. The topological polar surface area (TPSA) is 81.1 Å². The smallest absolute Gasteiger partial charge is 0.240 e. The lowest BCUT2D eigenvalue weighted by Crippen LogP contribution is -2.59. The minimum atomic E-state index is -0.639. The lowest BCUT2D eigenvalue weighted by Gasteiger charge is -2.36. The van der Waals surface area contributed by atoms with E-state index in [4.69, 9.17) is 11.5 Å². The Kier molecular flexibility index (Phi) is 5.22. The SMILES string of the molecule is NCC(NC(=O)C1(N)CCCCC1)C1CCCCC1. The molecular formula is C15H29N3O. The summed E-state index contributed by atoms with van der Waals surface area (Å²) >= 11 is 0. The van der Waals surface area contributed by atoms with Crippen LogP contribution in [-0.2, 0) is 4.79 Å². The molecular weight excluding hydrogens is 238 g/mol. The maximum atomic E-state index is 12.4. The summed E-state index contributed by atoms with van der Waals surface area (Å²) in [5, 5.41) is 3.16. The summed E-state index contributed by atoms with van der Waals surface area (Å²) in [6.45, 7) is 0.534. The second-order valence-electron chi connectivity index (χ2n) is 6.43. The van der Waals surface area contributed by atoms with Crippen molar-refractivity contribution in [1.29, 1.82) is 0 Å². The molecule has 19 heavy (non-hydrogen) atoms. The number of hydrogen-bond donors (Lipinski definition) is 3. The van der Waals surface area contributed by atoms with Crippen LogP contribution in [0.25, 0.3) is 0 Å². The van der Waals surface area contributed by atoms with E-state index in [1.54, 1.807) is 0 Å². The third kappa shape index (κ3) is 3.69. The summed E-state index contributed by atoms with van der Waals surface area (Å²) in [5.74, 6) is 0.586. The van der Waals surface area contributed by atoms with E-state index < -0.39 is 5.54 Å². The Morgan fingerprint density at radius 3 is 2.26 bits per heavy atom. The van der Waals surface area contributed by atoms with Crippen LogP contribution in [0.15, 0.2) is 0 Å². The van der Waals surface area contributed by atoms with E-state index in [2.05, 4.69) is 5.32 Å². The van der Waals surface area contributed by atoms with E-state index in [0.717, 1.165) is 25.7 Å². The first-order valence-electron chi connectivity index (χ1n) is 7.95. The Morgan fingerprint density at radius 2 is 1.68 bits per heavy atom. The Morgan fingerprint density at radius 1 is 1.11 bits per heavy atom. The lowest BCUT2D eigenvalue weighted by molar-refractivity contribution is -0.128. The van der Waals surface area contributed by atoms with E-state index in [1.165, 1.54) is 38.5 Å². The van der Waals surface area contributed by atoms with E-state index in [1.807, 2.05) is 0 Å². The molecule has 0 bridgehead atoms. The molecule has 0 saturated heterocycles. The first-order valence-corrected chi connectivity index (χ1v) is 7.95. The number of carbonyl (C=O) groups excluding carboxylic acids is 1. The van der Waals surface area contributed by atoms with Gasteiger partial charge in [-0.05, 0) is 31.6 Å². The van der Waals surface area contributed by atoms with Gasteiger partial charge in [0.1, 0.15) is 0 Å². The van der Waals surface area contributed by atoms with E-state index >= 15 is 0 Å². The summed E-state index contributed by atoms with van der Waals surface area (Å²) < 4.78 is 0. The zero-order valence-corrected chi connectivity index (χ0v) is 12.0. The number of carbonyl (C=O) groups is 1. The van der Waals surface area contributed by atoms with Gasteiger partial charge in [0.2, 0.25) is 5.91 Å². The zero-order chi connectivity index (χ0) is 13.7. The Hall–Kier alpha value is -0.610. The molecule has 0 heterocycles. The quantitative estimate of drug-likeness (QED) is 0.725. The number of rotatable bonds is 4. The van der Waals surface area contributed by atoms with E-state index in [-0.39, 0.29) is 11.9 Å². The van der Waals surface area contributed by atoms with E-state index in [0.29, 0.717) is 12.5 Å². The molecule has 4 heteroatoms. The van der Waals surface area contributed by atoms with Gasteiger partial charge in [0, 0.05) is 12.6 Å². The minimum Gasteiger partial charge on any atom is -0.350 e. The van der Waals surface area contributed by atoms with Crippen LogP contribution in [0.5, 0.6) is 0 Å². The maximum Gasteiger partial charge on any atom is 0.240 e. The molecule has 2 fully saturated rings. The van der Waals surface area contributed by atoms with Crippen molar-refractivity contribution >= 4 is 5.91 Å². The van der Waals surface area contributed by atoms with Gasteiger partial charge in [-0.15, -0.1) is 0 Å². The number of nitrogens with two attached hydrogens (primary N) is 2. The number of amides is 1. The van der Waals surface area contributed by atoms with Crippen molar-refractivity contribution in [3.63, 3.8) is 0 Å². The van der Waals surface area contributed by atoms with Gasteiger partial charge in [-0.1, -0.05) is 38.5 Å². The molecule has 0 radical (unpaired) electrons. The first-order chi connectivity index (χ1) is 9.15. The Balaban J connectivity index is 1.91. The van der Waals surface area contributed by atoms with Gasteiger partial charge >= 0.3 is 0 Å². The Bertz CT molecular complexity index is 294. The molecule has 1 amide bonds. The van der Waals surface area contributed by atoms with Crippen LogP contribution in [0.2, 0.25) is 0 Å². The molecule has 1 atom stereocenters. The summed E-state index contributed by atoms with van der Waals surface area (Å²) in [4.78, 5) is 12.4. The van der Waals surface area contributed by atoms with E-state index in [9.17, 15) is 4.79 Å². The molecule has 110 valence electrons. The summed E-state index contributed by atoms with van der Waals surface area (Å²) in [5.41, 5.74) is 11.5. The second kappa shape index (κ2) is 6.71. The molecule has 2 aliphatic rings. The highest BCUT2D eigenvalue weighted by molar-refractivity contribution is 5.86. The van der Waals surface area contributed by atoms with Crippen molar-refractivity contribution in [2.24, 2.45) is 17.4 Å². The van der Waals surface area contributed by atoms with Gasteiger partial charge < -0.3 is 16.8 Å². The molecule has 0 aromatic rings. The molecule has 2 saturated carbocycles. The van der Waals surface area contributed by atoms with Crippen LogP contribution >= 0.6 is 0 Å². The highest BCUT2D eigenvalue weighted by atomic mass is 16.2. The molecule has 5 N–H and O–H groups in total. The highest BCUT2D eigenvalue weighted by Crippen LogP contribution is 2.29. The molecule has 0 aromatic carbocycles. The van der Waals surface area contributed by atoms with Crippen molar-refractivity contribution in [3.05, 3.63) is 0 Å². The second-order valence-corrected chi connectivity index (χ2v) is 6.43. The van der Waals surface area contributed by atoms with Gasteiger partial charge in [0.15, 0.2) is 0 Å². The van der Waals surface area contributed by atoms with Crippen LogP contribution < -0.4 is 16.8 Å². The fourth-order valence-electron chi connectivity index (χ4n) is 3.63. The summed E-state index contributed by atoms with van der Waals surface area (Å²) in [7, 11) is 0.